The van der Waals surface area contributed by atoms with E-state index in [0.29, 0.717) is 29.5 Å². The molecule has 1 saturated heterocycles. The van der Waals surface area contributed by atoms with E-state index in [1.54, 1.807) is 4.68 Å². The fourth-order valence-electron chi connectivity index (χ4n) is 4.32. The van der Waals surface area contributed by atoms with Crippen molar-refractivity contribution in [3.63, 3.8) is 0 Å². The lowest BCUT2D eigenvalue weighted by Gasteiger charge is -2.36. The summed E-state index contributed by atoms with van der Waals surface area (Å²) in [6.45, 7) is 5.02. The predicted octanol–water partition coefficient (Wildman–Crippen LogP) is 5.46. The summed E-state index contributed by atoms with van der Waals surface area (Å²) < 4.78 is 1.68. The predicted molar refractivity (Wildman–Crippen MR) is 133 cm³/mol. The monoisotopic (exact) mass is 456 g/mol. The van der Waals surface area contributed by atoms with Crippen molar-refractivity contribution in [2.75, 3.05) is 31.1 Å². The maximum absolute atomic E-state index is 13.7. The molecule has 0 bridgehead atoms. The van der Waals surface area contributed by atoms with Gasteiger partial charge in [0.2, 0.25) is 0 Å². The van der Waals surface area contributed by atoms with Crippen molar-refractivity contribution >= 4 is 23.2 Å². The number of para-hydroxylation sites is 2. The first-order valence-corrected chi connectivity index (χ1v) is 11.5. The summed E-state index contributed by atoms with van der Waals surface area (Å²) in [6, 6.07) is 27.6. The van der Waals surface area contributed by atoms with Crippen LogP contribution in [0.4, 0.5) is 5.69 Å². The zero-order chi connectivity index (χ0) is 22.8. The second-order valence-corrected chi connectivity index (χ2v) is 8.62. The highest BCUT2D eigenvalue weighted by Gasteiger charge is 2.27. The first kappa shape index (κ1) is 21.3. The van der Waals surface area contributed by atoms with E-state index < -0.39 is 0 Å². The highest BCUT2D eigenvalue weighted by molar-refractivity contribution is 6.32. The van der Waals surface area contributed by atoms with Gasteiger partial charge in [-0.25, -0.2) is 4.68 Å². The Morgan fingerprint density at radius 2 is 1.45 bits per heavy atom. The summed E-state index contributed by atoms with van der Waals surface area (Å²) in [5.41, 5.74) is 5.41. The maximum Gasteiger partial charge on any atom is 0.272 e. The summed E-state index contributed by atoms with van der Waals surface area (Å²) in [5, 5.41) is 5.33. The van der Waals surface area contributed by atoms with Gasteiger partial charge in [0, 0.05) is 37.4 Å². The van der Waals surface area contributed by atoms with Crippen molar-refractivity contribution in [1.82, 2.24) is 14.7 Å². The van der Waals surface area contributed by atoms with Crippen molar-refractivity contribution in [2.24, 2.45) is 0 Å². The van der Waals surface area contributed by atoms with Crippen LogP contribution in [-0.2, 0) is 0 Å². The summed E-state index contributed by atoms with van der Waals surface area (Å²) in [5.74, 6) is -0.0333. The molecular weight excluding hydrogens is 432 g/mol. The van der Waals surface area contributed by atoms with Gasteiger partial charge in [-0.3, -0.25) is 4.79 Å². The minimum atomic E-state index is -0.0333. The molecule has 0 spiro atoms. The Morgan fingerprint density at radius 1 is 0.818 bits per heavy atom. The number of hydrogen-bond donors (Lipinski definition) is 0. The van der Waals surface area contributed by atoms with Crippen molar-refractivity contribution in [2.45, 2.75) is 6.92 Å². The Balaban J connectivity index is 1.45. The molecule has 1 fully saturated rings. The molecule has 0 aliphatic carbocycles. The number of amides is 1. The van der Waals surface area contributed by atoms with Gasteiger partial charge in [-0.15, -0.1) is 0 Å². The Labute approximate surface area is 198 Å². The van der Waals surface area contributed by atoms with Gasteiger partial charge < -0.3 is 9.80 Å². The van der Waals surface area contributed by atoms with Gasteiger partial charge in [-0.2, -0.15) is 5.10 Å². The highest BCUT2D eigenvalue weighted by atomic mass is 35.5. The zero-order valence-electron chi connectivity index (χ0n) is 18.5. The maximum atomic E-state index is 13.7. The second-order valence-electron chi connectivity index (χ2n) is 8.21. The topological polar surface area (TPSA) is 41.4 Å². The molecule has 4 aromatic rings. The molecule has 1 aromatic heterocycles. The Hall–Kier alpha value is -3.57. The molecule has 2 heterocycles. The van der Waals surface area contributed by atoms with Crippen LogP contribution in [0.3, 0.4) is 0 Å². The largest absolute Gasteiger partial charge is 0.368 e. The van der Waals surface area contributed by atoms with Crippen LogP contribution in [0.2, 0.25) is 5.02 Å². The molecule has 5 nitrogen and oxygen atoms in total. The smallest absolute Gasteiger partial charge is 0.272 e. The molecule has 166 valence electrons. The van der Waals surface area contributed by atoms with Crippen molar-refractivity contribution < 1.29 is 4.79 Å². The molecule has 0 N–H and O–H groups in total. The Kier molecular flexibility index (Phi) is 5.88. The fraction of sp³-hybridized carbons (Fsp3) is 0.185. The molecule has 1 aliphatic heterocycles. The van der Waals surface area contributed by atoms with Gasteiger partial charge in [-0.05, 0) is 36.8 Å². The van der Waals surface area contributed by atoms with E-state index >= 15 is 0 Å². The van der Waals surface area contributed by atoms with E-state index in [4.69, 9.17) is 16.7 Å². The van der Waals surface area contributed by atoms with Gasteiger partial charge in [-0.1, -0.05) is 72.3 Å². The number of aromatic nitrogens is 2. The standard InChI is InChI=1S/C27H25ClN4O/c1-20-9-5-7-13-24(20)30-15-17-31(18-16-30)27(33)26-19-23(21-10-3-2-4-11-21)29-32(26)25-14-8-6-12-22(25)28/h2-14,19H,15-18H2,1H3. The van der Waals surface area contributed by atoms with Gasteiger partial charge in [0.05, 0.1) is 16.4 Å². The van der Waals surface area contributed by atoms with Crippen LogP contribution in [0.15, 0.2) is 84.9 Å². The molecule has 0 atom stereocenters. The van der Waals surface area contributed by atoms with Crippen LogP contribution in [0.1, 0.15) is 16.1 Å². The number of aryl methyl sites for hydroxylation is 1. The van der Waals surface area contributed by atoms with E-state index in [0.717, 1.165) is 24.3 Å². The van der Waals surface area contributed by atoms with Crippen LogP contribution in [-0.4, -0.2) is 46.8 Å². The lowest BCUT2D eigenvalue weighted by molar-refractivity contribution is 0.0737. The van der Waals surface area contributed by atoms with Crippen LogP contribution >= 0.6 is 11.6 Å². The van der Waals surface area contributed by atoms with E-state index in [9.17, 15) is 4.79 Å². The van der Waals surface area contributed by atoms with E-state index in [2.05, 4.69) is 36.1 Å². The number of benzene rings is 3. The third kappa shape index (κ3) is 4.24. The van der Waals surface area contributed by atoms with Crippen LogP contribution < -0.4 is 4.90 Å². The number of nitrogens with zero attached hydrogens (tertiary/aromatic N) is 4. The molecule has 0 saturated carbocycles. The number of rotatable bonds is 4. The number of carbonyl (C=O) groups is 1. The van der Waals surface area contributed by atoms with Gasteiger partial charge >= 0.3 is 0 Å². The summed E-state index contributed by atoms with van der Waals surface area (Å²) in [6.07, 6.45) is 0. The second kappa shape index (κ2) is 9.12. The van der Waals surface area contributed by atoms with E-state index in [1.165, 1.54) is 11.3 Å². The molecule has 1 amide bonds. The minimum absolute atomic E-state index is 0.0333. The van der Waals surface area contributed by atoms with Crippen molar-refractivity contribution in [3.05, 3.63) is 101 Å². The quantitative estimate of drug-likeness (QED) is 0.409. The first-order valence-electron chi connectivity index (χ1n) is 11.1. The average Bonchev–Trinajstić information content (AvgIpc) is 3.30. The third-order valence-corrected chi connectivity index (χ3v) is 6.42. The van der Waals surface area contributed by atoms with E-state index in [1.807, 2.05) is 65.6 Å². The molecule has 6 heteroatoms. The van der Waals surface area contributed by atoms with Crippen LogP contribution in [0, 0.1) is 6.92 Å². The number of carbonyl (C=O) groups excluding carboxylic acids is 1. The van der Waals surface area contributed by atoms with E-state index in [-0.39, 0.29) is 5.91 Å². The number of piperazine rings is 1. The van der Waals surface area contributed by atoms with Gasteiger partial charge in [0.1, 0.15) is 5.69 Å². The molecule has 3 aromatic carbocycles. The Bertz CT molecular complexity index is 1280. The number of halogens is 1. The lowest BCUT2D eigenvalue weighted by Crippen LogP contribution is -2.49. The van der Waals surface area contributed by atoms with Gasteiger partial charge in [0.15, 0.2) is 0 Å². The first-order chi connectivity index (χ1) is 16.1. The molecule has 33 heavy (non-hydrogen) atoms. The van der Waals surface area contributed by atoms with Crippen molar-refractivity contribution in [3.8, 4) is 16.9 Å². The summed E-state index contributed by atoms with van der Waals surface area (Å²) >= 11 is 6.49. The van der Waals surface area contributed by atoms with Crippen LogP contribution in [0.5, 0.6) is 0 Å². The normalized spacial score (nSPS) is 13.9. The zero-order valence-corrected chi connectivity index (χ0v) is 19.2. The number of anilines is 1. The Morgan fingerprint density at radius 3 is 2.15 bits per heavy atom. The van der Waals surface area contributed by atoms with Gasteiger partial charge in [0.25, 0.3) is 5.91 Å². The highest BCUT2D eigenvalue weighted by Crippen LogP contribution is 2.27. The third-order valence-electron chi connectivity index (χ3n) is 6.10. The molecular formula is C27H25ClN4O. The summed E-state index contributed by atoms with van der Waals surface area (Å²) in [7, 11) is 0. The molecule has 1 aliphatic rings. The number of hydrogen-bond acceptors (Lipinski definition) is 3. The SMILES string of the molecule is Cc1ccccc1N1CCN(C(=O)c2cc(-c3ccccc3)nn2-c2ccccc2Cl)CC1. The van der Waals surface area contributed by atoms with Crippen molar-refractivity contribution in [1.29, 1.82) is 0 Å². The lowest BCUT2D eigenvalue weighted by atomic mass is 10.1. The van der Waals surface area contributed by atoms with Crippen LogP contribution in [0.25, 0.3) is 16.9 Å². The average molecular weight is 457 g/mol. The molecule has 0 radical (unpaired) electrons. The summed E-state index contributed by atoms with van der Waals surface area (Å²) in [4.78, 5) is 17.9. The molecule has 5 rings (SSSR count). The minimum Gasteiger partial charge on any atom is -0.368 e. The fourth-order valence-corrected chi connectivity index (χ4v) is 4.54. The molecule has 0 unspecified atom stereocenters.